The van der Waals surface area contributed by atoms with Crippen LogP contribution >= 0.6 is 0 Å². The van der Waals surface area contributed by atoms with Crippen molar-refractivity contribution in [2.75, 3.05) is 6.61 Å². The number of allylic oxidation sites excluding steroid dienone is 4. The van der Waals surface area contributed by atoms with Crippen molar-refractivity contribution in [1.29, 1.82) is 0 Å². The van der Waals surface area contributed by atoms with Crippen LogP contribution in [0.3, 0.4) is 0 Å². The first-order valence-electron chi connectivity index (χ1n) is 8.88. The fourth-order valence-electron chi connectivity index (χ4n) is 3.78. The Labute approximate surface area is 135 Å². The maximum atomic E-state index is 5.88. The molecule has 2 unspecified atom stereocenters. The molecule has 1 nitrogen and oxygen atoms in total. The predicted molar refractivity (Wildman–Crippen MR) is 93.5 cm³/mol. The summed E-state index contributed by atoms with van der Waals surface area (Å²) < 4.78 is 5.88. The summed E-state index contributed by atoms with van der Waals surface area (Å²) in [5.41, 5.74) is 4.38. The molecule has 0 bridgehead atoms. The van der Waals surface area contributed by atoms with Crippen LogP contribution in [-0.2, 0) is 0 Å². The second-order valence-electron chi connectivity index (χ2n) is 6.78. The van der Waals surface area contributed by atoms with Gasteiger partial charge in [-0.15, -0.1) is 0 Å². The molecule has 1 aromatic rings. The molecular weight excluding hydrogens is 268 g/mol. The number of aryl methyl sites for hydroxylation is 1. The first kappa shape index (κ1) is 15.4. The fourth-order valence-corrected chi connectivity index (χ4v) is 3.78. The molecule has 0 radical (unpaired) electrons. The van der Waals surface area contributed by atoms with Crippen molar-refractivity contribution in [1.82, 2.24) is 0 Å². The minimum absolute atomic E-state index is 0.725. The summed E-state index contributed by atoms with van der Waals surface area (Å²) in [6.07, 6.45) is 14.5. The van der Waals surface area contributed by atoms with E-state index in [0.717, 1.165) is 37.0 Å². The zero-order valence-electron chi connectivity index (χ0n) is 14.0. The summed E-state index contributed by atoms with van der Waals surface area (Å²) in [6, 6.07) is 6.83. The van der Waals surface area contributed by atoms with Gasteiger partial charge in [-0.1, -0.05) is 43.7 Å². The minimum atomic E-state index is 0.725. The summed E-state index contributed by atoms with van der Waals surface area (Å²) in [5, 5.41) is 0. The zero-order chi connectivity index (χ0) is 15.4. The van der Waals surface area contributed by atoms with Crippen LogP contribution in [0.5, 0.6) is 5.75 Å². The molecule has 0 heterocycles. The van der Waals surface area contributed by atoms with E-state index in [1.54, 1.807) is 5.57 Å². The van der Waals surface area contributed by atoms with Gasteiger partial charge in [-0.2, -0.15) is 0 Å². The Morgan fingerprint density at radius 1 is 1.18 bits per heavy atom. The van der Waals surface area contributed by atoms with Gasteiger partial charge >= 0.3 is 0 Å². The maximum absolute atomic E-state index is 5.88. The smallest absolute Gasteiger partial charge is 0.122 e. The average molecular weight is 296 g/mol. The van der Waals surface area contributed by atoms with Crippen molar-refractivity contribution >= 4 is 0 Å². The summed E-state index contributed by atoms with van der Waals surface area (Å²) in [5.74, 6) is 2.57. The van der Waals surface area contributed by atoms with Gasteiger partial charge in [0.05, 0.1) is 6.61 Å². The first-order valence-corrected chi connectivity index (χ1v) is 8.88. The van der Waals surface area contributed by atoms with E-state index in [0.29, 0.717) is 0 Å². The van der Waals surface area contributed by atoms with E-state index >= 15 is 0 Å². The van der Waals surface area contributed by atoms with Crippen LogP contribution < -0.4 is 4.74 Å². The average Bonchev–Trinajstić information content (AvgIpc) is 3.20. The Morgan fingerprint density at radius 2 is 2.05 bits per heavy atom. The Hall–Kier alpha value is -1.50. The van der Waals surface area contributed by atoms with Crippen molar-refractivity contribution in [2.24, 2.45) is 5.92 Å². The Kier molecular flexibility index (Phi) is 5.02. The number of hydrogen-bond donors (Lipinski definition) is 0. The lowest BCUT2D eigenvalue weighted by molar-refractivity contribution is 0.307. The third-order valence-electron chi connectivity index (χ3n) is 5.13. The molecule has 0 N–H and O–H groups in total. The van der Waals surface area contributed by atoms with Crippen molar-refractivity contribution < 1.29 is 4.74 Å². The standard InChI is InChI=1S/C21H28O/c1-3-4-13-22-21-12-11-18(14-16(21)2)20-10-9-19(15-20)17-7-5-6-8-17/h5,7-8,11-12,14,19-20H,3-4,6,9-10,13,15H2,1-2H3. The normalized spacial score (nSPS) is 23.8. The molecule has 0 aliphatic heterocycles. The number of unbranched alkanes of at least 4 members (excludes halogenated alkanes) is 1. The van der Waals surface area contributed by atoms with Gasteiger partial charge in [0.2, 0.25) is 0 Å². The number of hydrogen-bond acceptors (Lipinski definition) is 1. The zero-order valence-corrected chi connectivity index (χ0v) is 14.0. The summed E-state index contributed by atoms with van der Waals surface area (Å²) in [4.78, 5) is 0. The molecule has 2 aliphatic carbocycles. The van der Waals surface area contributed by atoms with Crippen molar-refractivity contribution in [3.05, 3.63) is 53.1 Å². The lowest BCUT2D eigenvalue weighted by atomic mass is 9.92. The van der Waals surface area contributed by atoms with E-state index < -0.39 is 0 Å². The van der Waals surface area contributed by atoms with Crippen molar-refractivity contribution in [2.45, 2.75) is 58.3 Å². The van der Waals surface area contributed by atoms with Gasteiger partial charge in [0, 0.05) is 0 Å². The highest BCUT2D eigenvalue weighted by molar-refractivity contribution is 5.39. The van der Waals surface area contributed by atoms with E-state index in [2.05, 4.69) is 50.3 Å². The molecule has 0 saturated heterocycles. The lowest BCUT2D eigenvalue weighted by Gasteiger charge is -2.15. The molecule has 3 rings (SSSR count). The van der Waals surface area contributed by atoms with Crippen LogP contribution in [0.4, 0.5) is 0 Å². The third-order valence-corrected chi connectivity index (χ3v) is 5.13. The van der Waals surface area contributed by atoms with Gasteiger partial charge < -0.3 is 4.74 Å². The highest BCUT2D eigenvalue weighted by Crippen LogP contribution is 2.43. The van der Waals surface area contributed by atoms with Crippen molar-refractivity contribution in [3.8, 4) is 5.75 Å². The van der Waals surface area contributed by atoms with E-state index in [1.165, 1.54) is 36.8 Å². The molecule has 1 fully saturated rings. The molecule has 1 heteroatoms. The van der Waals surface area contributed by atoms with Crippen LogP contribution in [0, 0.1) is 12.8 Å². The van der Waals surface area contributed by atoms with Gasteiger partial charge in [0.15, 0.2) is 0 Å². The molecule has 1 aromatic carbocycles. The van der Waals surface area contributed by atoms with E-state index in [4.69, 9.17) is 4.74 Å². The molecule has 0 aromatic heterocycles. The maximum Gasteiger partial charge on any atom is 0.122 e. The second kappa shape index (κ2) is 7.17. The predicted octanol–water partition coefficient (Wildman–Crippen LogP) is 5.94. The van der Waals surface area contributed by atoms with E-state index in [9.17, 15) is 0 Å². The highest BCUT2D eigenvalue weighted by Gasteiger charge is 2.28. The van der Waals surface area contributed by atoms with Gasteiger partial charge in [0.1, 0.15) is 5.75 Å². The first-order chi connectivity index (χ1) is 10.8. The fraction of sp³-hybridized carbons (Fsp3) is 0.524. The van der Waals surface area contributed by atoms with Crippen LogP contribution in [0.15, 0.2) is 42.0 Å². The summed E-state index contributed by atoms with van der Waals surface area (Å²) in [7, 11) is 0. The second-order valence-corrected chi connectivity index (χ2v) is 6.78. The quantitative estimate of drug-likeness (QED) is 0.590. The summed E-state index contributed by atoms with van der Waals surface area (Å²) >= 11 is 0. The molecule has 0 spiro atoms. The van der Waals surface area contributed by atoms with Crippen LogP contribution in [-0.4, -0.2) is 6.61 Å². The SMILES string of the molecule is CCCCOc1ccc(C2CCC(C3=CCC=C3)C2)cc1C. The molecule has 118 valence electrons. The monoisotopic (exact) mass is 296 g/mol. The third kappa shape index (κ3) is 3.45. The Balaban J connectivity index is 1.63. The van der Waals surface area contributed by atoms with Gasteiger partial charge in [-0.3, -0.25) is 0 Å². The van der Waals surface area contributed by atoms with Gasteiger partial charge in [-0.25, -0.2) is 0 Å². The Morgan fingerprint density at radius 3 is 2.77 bits per heavy atom. The highest BCUT2D eigenvalue weighted by atomic mass is 16.5. The van der Waals surface area contributed by atoms with Gasteiger partial charge in [-0.05, 0) is 73.6 Å². The Bertz CT molecular complexity index is 567. The molecular formula is C21H28O. The number of benzene rings is 1. The molecule has 0 amide bonds. The lowest BCUT2D eigenvalue weighted by Crippen LogP contribution is -2.01. The van der Waals surface area contributed by atoms with Crippen molar-refractivity contribution in [3.63, 3.8) is 0 Å². The van der Waals surface area contributed by atoms with Crippen LogP contribution in [0.25, 0.3) is 0 Å². The number of ether oxygens (including phenoxy) is 1. The topological polar surface area (TPSA) is 9.23 Å². The molecule has 2 aliphatic rings. The minimum Gasteiger partial charge on any atom is -0.493 e. The van der Waals surface area contributed by atoms with E-state index in [1.807, 2.05) is 0 Å². The van der Waals surface area contributed by atoms with Gasteiger partial charge in [0.25, 0.3) is 0 Å². The summed E-state index contributed by atoms with van der Waals surface area (Å²) in [6.45, 7) is 5.22. The van der Waals surface area contributed by atoms with Crippen LogP contribution in [0.1, 0.15) is 62.5 Å². The molecule has 22 heavy (non-hydrogen) atoms. The largest absolute Gasteiger partial charge is 0.493 e. The van der Waals surface area contributed by atoms with E-state index in [-0.39, 0.29) is 0 Å². The number of rotatable bonds is 6. The molecule has 1 saturated carbocycles. The molecule has 2 atom stereocenters. The van der Waals surface area contributed by atoms with Crippen LogP contribution in [0.2, 0.25) is 0 Å².